The van der Waals surface area contributed by atoms with E-state index in [-0.39, 0.29) is 28.8 Å². The van der Waals surface area contributed by atoms with Crippen molar-refractivity contribution in [3.8, 4) is 0 Å². The molecule has 1 aliphatic heterocycles. The highest BCUT2D eigenvalue weighted by Crippen LogP contribution is 2.49. The molecule has 0 bridgehead atoms. The normalized spacial score (nSPS) is 23.4. The van der Waals surface area contributed by atoms with Gasteiger partial charge in [0.15, 0.2) is 6.79 Å². The molecule has 21 heavy (non-hydrogen) atoms. The molecule has 1 rings (SSSR count). The third-order valence-corrected chi connectivity index (χ3v) is 6.47. The monoisotopic (exact) mass is 432 g/mol. The van der Waals surface area contributed by atoms with E-state index >= 15 is 0 Å². The molecular weight excluding hydrogens is 415 g/mol. The number of carbonyl (C=O) groups is 3. The highest BCUT2D eigenvalue weighted by Gasteiger charge is 2.58. The lowest BCUT2D eigenvalue weighted by molar-refractivity contribution is -0.156. The maximum absolute atomic E-state index is 12.0. The number of ether oxygens (including phenoxy) is 4. The van der Waals surface area contributed by atoms with Gasteiger partial charge in [0.25, 0.3) is 0 Å². The summed E-state index contributed by atoms with van der Waals surface area (Å²) in [6.07, 6.45) is 0.331. The quantitative estimate of drug-likeness (QED) is 0.153. The molecule has 1 fully saturated rings. The molecule has 0 spiro atoms. The Morgan fingerprint density at radius 1 is 1.19 bits per heavy atom. The van der Waals surface area contributed by atoms with Crippen molar-refractivity contribution < 1.29 is 33.3 Å². The molecule has 9 heteroatoms. The van der Waals surface area contributed by atoms with E-state index in [9.17, 15) is 14.4 Å². The molecule has 120 valence electrons. The van der Waals surface area contributed by atoms with Gasteiger partial charge in [-0.2, -0.15) is 0 Å². The van der Waals surface area contributed by atoms with Gasteiger partial charge < -0.3 is 18.9 Å². The zero-order valence-corrected chi connectivity index (χ0v) is 14.9. The van der Waals surface area contributed by atoms with Crippen molar-refractivity contribution in [3.05, 3.63) is 0 Å². The summed E-state index contributed by atoms with van der Waals surface area (Å²) in [7, 11) is 3.85. The fraction of sp³-hybridized carbons (Fsp3) is 0.750. The Kier molecular flexibility index (Phi) is 7.21. The lowest BCUT2D eigenvalue weighted by Crippen LogP contribution is -2.43. The molecule has 0 saturated carbocycles. The number of thioether (sulfide) groups is 1. The molecule has 1 heterocycles. The highest BCUT2D eigenvalue weighted by molar-refractivity contribution is 14.1. The Balaban J connectivity index is 2.82. The van der Waals surface area contributed by atoms with Crippen LogP contribution in [0.15, 0.2) is 0 Å². The highest BCUT2D eigenvalue weighted by atomic mass is 127. The minimum absolute atomic E-state index is 0.0686. The van der Waals surface area contributed by atoms with Gasteiger partial charge in [-0.25, -0.2) is 9.59 Å². The summed E-state index contributed by atoms with van der Waals surface area (Å²) in [5.74, 6) is -1.76. The lowest BCUT2D eigenvalue weighted by atomic mass is 10.0. The molecule has 0 aromatic rings. The van der Waals surface area contributed by atoms with E-state index in [1.54, 1.807) is 0 Å². The SMILES string of the molecule is COCOC(=O)C[C@@H]1SC(C(=O)OC)(C(=O)OC)C[C@@H]1I. The summed E-state index contributed by atoms with van der Waals surface area (Å²) in [4.78, 5) is 35.6. The first kappa shape index (κ1) is 18.5. The largest absolute Gasteiger partial charge is 0.468 e. The van der Waals surface area contributed by atoms with E-state index in [0.29, 0.717) is 0 Å². The van der Waals surface area contributed by atoms with Gasteiger partial charge in [-0.05, 0) is 6.42 Å². The molecule has 0 radical (unpaired) electrons. The molecule has 0 aliphatic carbocycles. The third-order valence-electron chi connectivity index (χ3n) is 2.97. The second-order valence-electron chi connectivity index (χ2n) is 4.31. The van der Waals surface area contributed by atoms with Gasteiger partial charge in [0, 0.05) is 16.3 Å². The van der Waals surface area contributed by atoms with Crippen molar-refractivity contribution in [1.82, 2.24) is 0 Å². The second-order valence-corrected chi connectivity index (χ2v) is 7.45. The van der Waals surface area contributed by atoms with E-state index in [1.165, 1.54) is 21.3 Å². The average Bonchev–Trinajstić information content (AvgIpc) is 2.81. The predicted octanol–water partition coefficient (Wildman–Crippen LogP) is 0.918. The van der Waals surface area contributed by atoms with Crippen molar-refractivity contribution in [3.63, 3.8) is 0 Å². The summed E-state index contributed by atoms with van der Waals surface area (Å²) in [5.41, 5.74) is 0. The van der Waals surface area contributed by atoms with E-state index in [2.05, 4.69) is 27.3 Å². The molecule has 1 aliphatic rings. The molecule has 0 aromatic carbocycles. The number of methoxy groups -OCH3 is 3. The molecule has 0 amide bonds. The Bertz CT molecular complexity index is 398. The molecular formula is C12H17IO7S. The topological polar surface area (TPSA) is 88.1 Å². The van der Waals surface area contributed by atoms with Crippen molar-refractivity contribution in [1.29, 1.82) is 0 Å². The van der Waals surface area contributed by atoms with Crippen LogP contribution in [-0.2, 0) is 33.3 Å². The fourth-order valence-electron chi connectivity index (χ4n) is 1.98. The van der Waals surface area contributed by atoms with Crippen molar-refractivity contribution in [2.24, 2.45) is 0 Å². The first-order valence-electron chi connectivity index (χ1n) is 6.04. The maximum Gasteiger partial charge on any atom is 0.333 e. The van der Waals surface area contributed by atoms with Crippen LogP contribution in [0.2, 0.25) is 0 Å². The van der Waals surface area contributed by atoms with E-state index in [1.807, 2.05) is 0 Å². The predicted molar refractivity (Wildman–Crippen MR) is 83.2 cm³/mol. The number of rotatable bonds is 6. The molecule has 0 aromatic heterocycles. The minimum Gasteiger partial charge on any atom is -0.468 e. The van der Waals surface area contributed by atoms with Crippen LogP contribution in [0.1, 0.15) is 12.8 Å². The van der Waals surface area contributed by atoms with Crippen LogP contribution < -0.4 is 0 Å². The minimum atomic E-state index is -1.42. The fourth-order valence-corrected chi connectivity index (χ4v) is 5.25. The first-order valence-corrected chi connectivity index (χ1v) is 8.17. The van der Waals surface area contributed by atoms with Crippen LogP contribution in [0, 0.1) is 0 Å². The van der Waals surface area contributed by atoms with Crippen LogP contribution in [-0.4, -0.2) is 60.0 Å². The zero-order valence-electron chi connectivity index (χ0n) is 11.9. The van der Waals surface area contributed by atoms with Gasteiger partial charge in [0.2, 0.25) is 4.75 Å². The van der Waals surface area contributed by atoms with Crippen LogP contribution >= 0.6 is 34.4 Å². The Morgan fingerprint density at radius 3 is 2.24 bits per heavy atom. The molecule has 2 atom stereocenters. The number of carbonyl (C=O) groups excluding carboxylic acids is 3. The molecule has 0 N–H and O–H groups in total. The second kappa shape index (κ2) is 8.18. The molecule has 1 saturated heterocycles. The van der Waals surface area contributed by atoms with Gasteiger partial charge in [0.1, 0.15) is 0 Å². The number of esters is 3. The van der Waals surface area contributed by atoms with Gasteiger partial charge in [-0.3, -0.25) is 4.79 Å². The van der Waals surface area contributed by atoms with Gasteiger partial charge in [-0.15, -0.1) is 11.8 Å². The maximum atomic E-state index is 12.0. The number of hydrogen-bond acceptors (Lipinski definition) is 8. The van der Waals surface area contributed by atoms with Crippen LogP contribution in [0.25, 0.3) is 0 Å². The van der Waals surface area contributed by atoms with Crippen LogP contribution in [0.5, 0.6) is 0 Å². The lowest BCUT2D eigenvalue weighted by Gasteiger charge is -2.22. The summed E-state index contributed by atoms with van der Waals surface area (Å²) in [6.45, 7) is -0.124. The summed E-state index contributed by atoms with van der Waals surface area (Å²) in [5, 5.41) is -0.242. The Morgan fingerprint density at radius 2 is 1.76 bits per heavy atom. The standard InChI is InChI=1S/C12H17IO7S/c1-17-6-20-9(14)4-8-7(13)5-12(21-8,10(15)18-2)11(16)19-3/h7-8H,4-6H2,1-3H3/t7-,8-/m0/s1. The number of hydrogen-bond donors (Lipinski definition) is 0. The first-order chi connectivity index (χ1) is 9.91. The van der Waals surface area contributed by atoms with Crippen molar-refractivity contribution in [2.75, 3.05) is 28.1 Å². The van der Waals surface area contributed by atoms with E-state index in [4.69, 9.17) is 14.2 Å². The summed E-state index contributed by atoms with van der Waals surface area (Å²) < 4.78 is 17.5. The summed E-state index contributed by atoms with van der Waals surface area (Å²) in [6, 6.07) is 0. The van der Waals surface area contributed by atoms with Gasteiger partial charge in [0.05, 0.1) is 20.6 Å². The molecule has 7 nitrogen and oxygen atoms in total. The van der Waals surface area contributed by atoms with E-state index in [0.717, 1.165) is 11.8 Å². The summed E-state index contributed by atoms with van der Waals surface area (Å²) >= 11 is 3.21. The smallest absolute Gasteiger partial charge is 0.333 e. The van der Waals surface area contributed by atoms with Crippen LogP contribution in [0.4, 0.5) is 0 Å². The van der Waals surface area contributed by atoms with Gasteiger partial charge in [-0.1, -0.05) is 22.6 Å². The molecule has 0 unspecified atom stereocenters. The number of alkyl halides is 1. The zero-order chi connectivity index (χ0) is 16.0. The van der Waals surface area contributed by atoms with Gasteiger partial charge >= 0.3 is 17.9 Å². The number of halogens is 1. The van der Waals surface area contributed by atoms with E-state index < -0.39 is 22.7 Å². The third kappa shape index (κ3) is 4.22. The Labute approximate surface area is 140 Å². The van der Waals surface area contributed by atoms with Crippen LogP contribution in [0.3, 0.4) is 0 Å². The van der Waals surface area contributed by atoms with Crippen molar-refractivity contribution in [2.45, 2.75) is 26.8 Å². The average molecular weight is 432 g/mol. The Hall–Kier alpha value is -0.550. The van der Waals surface area contributed by atoms with Crippen molar-refractivity contribution >= 4 is 52.3 Å².